The van der Waals surface area contributed by atoms with Crippen LogP contribution >= 0.6 is 24.0 Å². The van der Waals surface area contributed by atoms with E-state index in [0.29, 0.717) is 24.0 Å². The van der Waals surface area contributed by atoms with Crippen molar-refractivity contribution in [3.8, 4) is 11.5 Å². The first-order valence-electron chi connectivity index (χ1n) is 6.92. The number of aromatic nitrogens is 1. The Bertz CT molecular complexity index is 635. The number of nitrogens with zero attached hydrogens (tertiary/aromatic N) is 2. The Labute approximate surface area is 153 Å². The number of hydrogen-bond donors (Lipinski definition) is 2. The maximum absolute atomic E-state index is 5.88. The highest BCUT2D eigenvalue weighted by atomic mass is 127. The van der Waals surface area contributed by atoms with Gasteiger partial charge < -0.3 is 20.5 Å². The number of anilines is 1. The second-order valence-electron chi connectivity index (χ2n) is 4.53. The zero-order valence-electron chi connectivity index (χ0n) is 13.2. The Kier molecular flexibility index (Phi) is 8.17. The minimum Gasteiger partial charge on any atom is -0.493 e. The van der Waals surface area contributed by atoms with Gasteiger partial charge in [-0.15, -0.1) is 24.0 Å². The third-order valence-electron chi connectivity index (χ3n) is 3.03. The van der Waals surface area contributed by atoms with Gasteiger partial charge in [0.1, 0.15) is 0 Å². The molecule has 124 valence electrons. The third kappa shape index (κ3) is 5.93. The van der Waals surface area contributed by atoms with E-state index >= 15 is 0 Å². The lowest BCUT2D eigenvalue weighted by atomic mass is 10.2. The summed E-state index contributed by atoms with van der Waals surface area (Å²) in [6.07, 6.45) is 2.51. The summed E-state index contributed by atoms with van der Waals surface area (Å²) in [5.41, 5.74) is 7.66. The van der Waals surface area contributed by atoms with Gasteiger partial charge in [-0.05, 0) is 24.3 Å². The summed E-state index contributed by atoms with van der Waals surface area (Å²) in [6.45, 7) is 0.573. The smallest absolute Gasteiger partial charge is 0.193 e. The van der Waals surface area contributed by atoms with Crippen LogP contribution in [0.2, 0.25) is 0 Å². The molecule has 3 N–H and O–H groups in total. The normalized spacial score (nSPS) is 10.6. The molecule has 2 rings (SSSR count). The number of rotatable bonds is 6. The molecule has 7 heteroatoms. The fourth-order valence-electron chi connectivity index (χ4n) is 1.94. The summed E-state index contributed by atoms with van der Waals surface area (Å²) >= 11 is 0. The van der Waals surface area contributed by atoms with Crippen LogP contribution in [-0.2, 0) is 6.42 Å². The molecule has 2 aromatic rings. The highest BCUT2D eigenvalue weighted by molar-refractivity contribution is 14.0. The summed E-state index contributed by atoms with van der Waals surface area (Å²) in [5, 5.41) is 3.03. The number of guanidine groups is 1. The molecule has 0 radical (unpaired) electrons. The van der Waals surface area contributed by atoms with Crippen molar-refractivity contribution in [2.45, 2.75) is 6.42 Å². The molecule has 6 nitrogen and oxygen atoms in total. The molecule has 1 aromatic carbocycles. The summed E-state index contributed by atoms with van der Waals surface area (Å²) < 4.78 is 10.4. The molecule has 0 bridgehead atoms. The number of benzene rings is 1. The number of nitrogens with two attached hydrogens (primary N) is 1. The first kappa shape index (κ1) is 19.0. The van der Waals surface area contributed by atoms with Crippen molar-refractivity contribution < 1.29 is 9.47 Å². The van der Waals surface area contributed by atoms with Crippen LogP contribution in [0.5, 0.6) is 11.5 Å². The van der Waals surface area contributed by atoms with Gasteiger partial charge in [0.15, 0.2) is 17.5 Å². The van der Waals surface area contributed by atoms with Crippen LogP contribution in [0.1, 0.15) is 5.69 Å². The largest absolute Gasteiger partial charge is 0.493 e. The minimum absolute atomic E-state index is 0. The van der Waals surface area contributed by atoms with Gasteiger partial charge in [-0.25, -0.2) is 0 Å². The quantitative estimate of drug-likeness (QED) is 0.420. The van der Waals surface area contributed by atoms with Crippen molar-refractivity contribution in [1.29, 1.82) is 0 Å². The van der Waals surface area contributed by atoms with Crippen LogP contribution in [-0.4, -0.2) is 31.7 Å². The zero-order chi connectivity index (χ0) is 15.8. The van der Waals surface area contributed by atoms with E-state index in [4.69, 9.17) is 15.2 Å². The van der Waals surface area contributed by atoms with Crippen LogP contribution < -0.4 is 20.5 Å². The van der Waals surface area contributed by atoms with Crippen LogP contribution in [0.25, 0.3) is 0 Å². The number of halogens is 1. The fraction of sp³-hybridized carbons (Fsp3) is 0.250. The topological polar surface area (TPSA) is 81.8 Å². The monoisotopic (exact) mass is 428 g/mol. The number of ether oxygens (including phenoxy) is 2. The summed E-state index contributed by atoms with van der Waals surface area (Å²) in [4.78, 5) is 8.52. The van der Waals surface area contributed by atoms with Crippen LogP contribution in [0.3, 0.4) is 0 Å². The number of hydrogen-bond acceptors (Lipinski definition) is 4. The first-order chi connectivity index (χ1) is 10.7. The molecule has 1 heterocycles. The van der Waals surface area contributed by atoms with E-state index in [1.165, 1.54) is 0 Å². The summed E-state index contributed by atoms with van der Waals surface area (Å²) in [6, 6.07) is 11.3. The summed E-state index contributed by atoms with van der Waals surface area (Å²) in [5.74, 6) is 1.65. The lowest BCUT2D eigenvalue weighted by molar-refractivity contribution is 0.355. The standard InChI is InChI=1S/C16H20N4O2.HI/c1-21-14-7-6-13(11-15(14)22-2)20-16(17)19-10-8-12-5-3-4-9-18-12;/h3-7,9,11H,8,10H2,1-2H3,(H3,17,19,20);1H. The molecule has 0 fully saturated rings. The molecular formula is C16H21IN4O2. The molecule has 0 unspecified atom stereocenters. The van der Waals surface area contributed by atoms with Gasteiger partial charge in [0.25, 0.3) is 0 Å². The summed E-state index contributed by atoms with van der Waals surface area (Å²) in [7, 11) is 3.18. The van der Waals surface area contributed by atoms with Gasteiger partial charge in [0.2, 0.25) is 0 Å². The Balaban J connectivity index is 0.00000264. The molecule has 0 spiro atoms. The van der Waals surface area contributed by atoms with E-state index in [9.17, 15) is 0 Å². The molecule has 0 aliphatic heterocycles. The second-order valence-corrected chi connectivity index (χ2v) is 4.53. The van der Waals surface area contributed by atoms with E-state index in [1.807, 2.05) is 30.3 Å². The van der Waals surface area contributed by atoms with Crippen LogP contribution in [0, 0.1) is 0 Å². The van der Waals surface area contributed by atoms with E-state index < -0.39 is 0 Å². The predicted molar refractivity (Wildman–Crippen MR) is 103 cm³/mol. The number of pyridine rings is 1. The average molecular weight is 428 g/mol. The van der Waals surface area contributed by atoms with Crippen molar-refractivity contribution in [3.05, 3.63) is 48.3 Å². The van der Waals surface area contributed by atoms with Crippen molar-refractivity contribution in [3.63, 3.8) is 0 Å². The molecule has 0 atom stereocenters. The van der Waals surface area contributed by atoms with E-state index in [-0.39, 0.29) is 24.0 Å². The van der Waals surface area contributed by atoms with E-state index in [0.717, 1.165) is 17.8 Å². The lowest BCUT2D eigenvalue weighted by Gasteiger charge is -2.10. The van der Waals surface area contributed by atoms with E-state index in [2.05, 4.69) is 15.3 Å². The number of methoxy groups -OCH3 is 2. The molecule has 0 saturated carbocycles. The maximum Gasteiger partial charge on any atom is 0.193 e. The van der Waals surface area contributed by atoms with Crippen molar-refractivity contribution >= 4 is 35.6 Å². The number of nitrogens with one attached hydrogen (secondary N) is 1. The Morgan fingerprint density at radius 2 is 1.96 bits per heavy atom. The second kappa shape index (κ2) is 9.88. The predicted octanol–water partition coefficient (Wildman–Crippen LogP) is 2.69. The molecule has 0 aliphatic rings. The van der Waals surface area contributed by atoms with Crippen molar-refractivity contribution in [2.24, 2.45) is 10.7 Å². The molecule has 1 aromatic heterocycles. The average Bonchev–Trinajstić information content (AvgIpc) is 2.55. The third-order valence-corrected chi connectivity index (χ3v) is 3.03. The Morgan fingerprint density at radius 1 is 1.17 bits per heavy atom. The van der Waals surface area contributed by atoms with Crippen LogP contribution in [0.4, 0.5) is 5.69 Å². The first-order valence-corrected chi connectivity index (χ1v) is 6.92. The van der Waals surface area contributed by atoms with E-state index in [1.54, 1.807) is 26.5 Å². The molecule has 0 aliphatic carbocycles. The lowest BCUT2D eigenvalue weighted by Crippen LogP contribution is -2.23. The van der Waals surface area contributed by atoms with Gasteiger partial charge in [-0.1, -0.05) is 6.07 Å². The Morgan fingerprint density at radius 3 is 2.61 bits per heavy atom. The highest BCUT2D eigenvalue weighted by Crippen LogP contribution is 2.29. The van der Waals surface area contributed by atoms with Gasteiger partial charge >= 0.3 is 0 Å². The molecule has 0 saturated heterocycles. The minimum atomic E-state index is 0. The van der Waals surface area contributed by atoms with Crippen molar-refractivity contribution in [1.82, 2.24) is 4.98 Å². The maximum atomic E-state index is 5.88. The van der Waals surface area contributed by atoms with Crippen LogP contribution in [0.15, 0.2) is 47.6 Å². The zero-order valence-corrected chi connectivity index (χ0v) is 15.5. The Hall–Kier alpha value is -2.03. The molecule has 0 amide bonds. The SMILES string of the molecule is COc1ccc(NC(N)=NCCc2ccccn2)cc1OC.I. The molecular weight excluding hydrogens is 407 g/mol. The highest BCUT2D eigenvalue weighted by Gasteiger charge is 2.05. The van der Waals surface area contributed by atoms with Gasteiger partial charge in [0, 0.05) is 36.6 Å². The molecule has 23 heavy (non-hydrogen) atoms. The number of aliphatic imine (C=N–C) groups is 1. The van der Waals surface area contributed by atoms with Gasteiger partial charge in [-0.2, -0.15) is 0 Å². The van der Waals surface area contributed by atoms with Gasteiger partial charge in [0.05, 0.1) is 14.2 Å². The fourth-order valence-corrected chi connectivity index (χ4v) is 1.94. The van der Waals surface area contributed by atoms with Crippen molar-refractivity contribution in [2.75, 3.05) is 26.1 Å². The van der Waals surface area contributed by atoms with Gasteiger partial charge in [-0.3, -0.25) is 9.98 Å².